The first kappa shape index (κ1) is 4.30. The topological polar surface area (TPSA) is 65.0 Å². The molecule has 0 fully saturated rings. The van der Waals surface area contributed by atoms with Crippen LogP contribution in [-0.4, -0.2) is 4.98 Å². The Labute approximate surface area is 28.9 Å². The first-order chi connectivity index (χ1) is 1.89. The molecular formula is C2H4N2O. The van der Waals surface area contributed by atoms with E-state index in [1.54, 1.807) is 0 Å². The van der Waals surface area contributed by atoms with Gasteiger partial charge in [0, 0.05) is 0 Å². The van der Waals surface area contributed by atoms with E-state index in [0.29, 0.717) is 0 Å². The van der Waals surface area contributed by atoms with E-state index in [2.05, 4.69) is 4.98 Å². The highest BCUT2D eigenvalue weighted by atomic mass is 16.1. The third-order valence-corrected chi connectivity index (χ3v) is 0.235. The Bertz CT molecular complexity index is 96.4. The second kappa shape index (κ2) is 0.944. The van der Waals surface area contributed by atoms with Crippen LogP contribution in [0, 0.1) is 0 Å². The second-order valence-corrected chi connectivity index (χ2v) is 0.596. The van der Waals surface area contributed by atoms with Crippen LogP contribution in [0.2, 0.25) is 0 Å². The summed E-state index contributed by atoms with van der Waals surface area (Å²) in [6, 6.07) is 0. The Morgan fingerprint density at radius 2 is 2.00 bits per heavy atom. The minimum absolute atomic E-state index is 0. The van der Waals surface area contributed by atoms with Gasteiger partial charge in [0.05, 0.1) is 6.20 Å². The zero-order valence-electron chi connectivity index (χ0n) is 2.64. The molecule has 1 aromatic heterocycles. The van der Waals surface area contributed by atoms with Crippen molar-refractivity contribution in [3.63, 3.8) is 0 Å². The molecule has 0 atom stereocenters. The fourth-order valence-corrected chi connectivity index (χ4v) is 0.0264. The summed E-state index contributed by atoms with van der Waals surface area (Å²) in [6.45, 7) is 0. The van der Waals surface area contributed by atoms with Gasteiger partial charge < -0.3 is 6.15 Å². The molecular weight excluding hydrogens is 68.0 g/mol. The molecule has 28 valence electrons. The van der Waals surface area contributed by atoms with Crippen molar-refractivity contribution in [2.45, 2.75) is 0 Å². The van der Waals surface area contributed by atoms with Gasteiger partial charge in [-0.3, -0.25) is 4.79 Å². The Morgan fingerprint density at radius 3 is 2.00 bits per heavy atom. The highest BCUT2D eigenvalue weighted by Crippen LogP contribution is 1.46. The van der Waals surface area contributed by atoms with Crippen LogP contribution in [-0.2, 0) is 0 Å². The smallest absolute Gasteiger partial charge is 0.288 e. The van der Waals surface area contributed by atoms with E-state index < -0.39 is 0 Å². The summed E-state index contributed by atoms with van der Waals surface area (Å²) in [5.74, 6) is 0. The predicted molar refractivity (Wildman–Crippen MR) is 17.9 cm³/mol. The maximum absolute atomic E-state index is 9.33. The molecule has 3 heteroatoms. The summed E-state index contributed by atoms with van der Waals surface area (Å²) >= 11 is 0. The maximum atomic E-state index is 9.33. The van der Waals surface area contributed by atoms with Crippen LogP contribution >= 0.6 is 0 Å². The first-order valence-electron chi connectivity index (χ1n) is 0.975. The number of hydrogen-bond donors (Lipinski definition) is 1. The van der Waals surface area contributed by atoms with Crippen LogP contribution in [0.1, 0.15) is 0 Å². The van der Waals surface area contributed by atoms with E-state index in [9.17, 15) is 4.79 Å². The monoisotopic (exact) mass is 72.0 g/mol. The molecule has 0 unspecified atom stereocenters. The van der Waals surface area contributed by atoms with Gasteiger partial charge in [0.2, 0.25) is 0 Å². The lowest BCUT2D eigenvalue weighted by atomic mass is 11.1. The number of rotatable bonds is 0. The van der Waals surface area contributed by atoms with E-state index in [0.717, 1.165) is 0 Å². The van der Waals surface area contributed by atoms with Crippen LogP contribution in [0.4, 0.5) is 0 Å². The van der Waals surface area contributed by atoms with Gasteiger partial charge in [-0.05, 0) is 0 Å². The van der Waals surface area contributed by atoms with Crippen LogP contribution in [0.15, 0.2) is 11.0 Å². The van der Waals surface area contributed by atoms with Crippen LogP contribution in [0.3, 0.4) is 0 Å². The van der Waals surface area contributed by atoms with Crippen molar-refractivity contribution < 1.29 is 0 Å². The number of hydrogen-bond acceptors (Lipinski definition) is 3. The Kier molecular flexibility index (Phi) is 0.812. The Hall–Kier alpha value is -0.700. The SMILES string of the molecule is N.O=c1cn1. The van der Waals surface area contributed by atoms with Crippen LogP contribution < -0.4 is 11.7 Å². The highest BCUT2D eigenvalue weighted by molar-refractivity contribution is 4.74. The molecule has 0 amide bonds. The van der Waals surface area contributed by atoms with Crippen LogP contribution in [0.5, 0.6) is 0 Å². The molecule has 5 heavy (non-hydrogen) atoms. The van der Waals surface area contributed by atoms with Crippen molar-refractivity contribution in [2.24, 2.45) is 0 Å². The zero-order valence-corrected chi connectivity index (χ0v) is 2.64. The molecule has 0 aromatic carbocycles. The number of nitrogens with zero attached hydrogens (tertiary/aromatic N) is 1. The molecule has 0 saturated carbocycles. The average Bonchev–Trinajstić information content (AvgIpc) is 1.75. The van der Waals surface area contributed by atoms with Crippen molar-refractivity contribution in [3.8, 4) is 0 Å². The zero-order chi connectivity index (χ0) is 2.99. The van der Waals surface area contributed by atoms with Gasteiger partial charge >= 0.3 is 0 Å². The maximum Gasteiger partial charge on any atom is 0.288 e. The van der Waals surface area contributed by atoms with Gasteiger partial charge in [-0.25, -0.2) is 4.98 Å². The molecule has 0 radical (unpaired) electrons. The van der Waals surface area contributed by atoms with E-state index in [-0.39, 0.29) is 11.7 Å². The van der Waals surface area contributed by atoms with E-state index >= 15 is 0 Å². The van der Waals surface area contributed by atoms with Crippen molar-refractivity contribution >= 4 is 0 Å². The number of aromatic nitrogens is 1. The summed E-state index contributed by atoms with van der Waals surface area (Å²) in [4.78, 5) is 12.5. The molecule has 0 aliphatic rings. The minimum Gasteiger partial charge on any atom is -0.344 e. The Morgan fingerprint density at radius 1 is 1.80 bits per heavy atom. The summed E-state index contributed by atoms with van der Waals surface area (Å²) in [7, 11) is 0. The molecule has 0 aliphatic carbocycles. The normalized spacial score (nSPS) is 7.20. The van der Waals surface area contributed by atoms with Crippen molar-refractivity contribution in [1.29, 1.82) is 0 Å². The molecule has 1 rings (SSSR count). The predicted octanol–water partition coefficient (Wildman–Crippen LogP) is -0.521. The van der Waals surface area contributed by atoms with Gasteiger partial charge in [-0.1, -0.05) is 0 Å². The Balaban J connectivity index is 0.000000160. The standard InChI is InChI=1S/C2HNO.H3N/c4-2-1-3-2;/h1H;1H3. The second-order valence-electron chi connectivity index (χ2n) is 0.596. The molecule has 1 aromatic rings. The summed E-state index contributed by atoms with van der Waals surface area (Å²) in [5.41, 5.74) is -0.0833. The molecule has 3 nitrogen and oxygen atoms in total. The first-order valence-corrected chi connectivity index (χ1v) is 0.975. The van der Waals surface area contributed by atoms with Crippen molar-refractivity contribution in [2.75, 3.05) is 0 Å². The fraction of sp³-hybridized carbons (Fsp3) is 0. The lowest BCUT2D eigenvalue weighted by Crippen LogP contribution is -1.66. The van der Waals surface area contributed by atoms with Crippen LogP contribution in [0.25, 0.3) is 0 Å². The average molecular weight is 72.1 g/mol. The molecule has 1 heterocycles. The van der Waals surface area contributed by atoms with Crippen molar-refractivity contribution in [1.82, 2.24) is 11.1 Å². The third kappa shape index (κ3) is 1.05. The molecule has 3 N–H and O–H groups in total. The summed E-state index contributed by atoms with van der Waals surface area (Å²) < 4.78 is 0. The van der Waals surface area contributed by atoms with E-state index in [1.807, 2.05) is 0 Å². The molecule has 0 bridgehead atoms. The van der Waals surface area contributed by atoms with Gasteiger partial charge in [-0.15, -0.1) is 0 Å². The lowest BCUT2D eigenvalue weighted by molar-refractivity contribution is 1.59. The largest absolute Gasteiger partial charge is 0.344 e. The van der Waals surface area contributed by atoms with Gasteiger partial charge in [-0.2, -0.15) is 0 Å². The fourth-order valence-electron chi connectivity index (χ4n) is 0.0264. The lowest BCUT2D eigenvalue weighted by Gasteiger charge is -1.09. The minimum atomic E-state index is -0.0833. The molecule has 0 spiro atoms. The third-order valence-electron chi connectivity index (χ3n) is 0.235. The van der Waals surface area contributed by atoms with Gasteiger partial charge in [0.15, 0.2) is 0 Å². The summed E-state index contributed by atoms with van der Waals surface area (Å²) in [5, 5.41) is 0. The summed E-state index contributed by atoms with van der Waals surface area (Å²) in [6.07, 6.45) is 1.28. The highest BCUT2D eigenvalue weighted by Gasteiger charge is 1.81. The van der Waals surface area contributed by atoms with Gasteiger partial charge in [0.25, 0.3) is 5.56 Å². The van der Waals surface area contributed by atoms with Crippen molar-refractivity contribution in [3.05, 3.63) is 16.6 Å². The van der Waals surface area contributed by atoms with E-state index in [4.69, 9.17) is 0 Å². The quantitative estimate of drug-likeness (QED) is 0.448. The molecule has 0 saturated heterocycles. The van der Waals surface area contributed by atoms with Gasteiger partial charge in [0.1, 0.15) is 0 Å². The van der Waals surface area contributed by atoms with E-state index in [1.165, 1.54) is 6.20 Å². The molecule has 0 aliphatic heterocycles.